The van der Waals surface area contributed by atoms with Crippen molar-refractivity contribution in [3.63, 3.8) is 0 Å². The van der Waals surface area contributed by atoms with Crippen LogP contribution < -0.4 is 10.6 Å². The van der Waals surface area contributed by atoms with Crippen molar-refractivity contribution in [1.82, 2.24) is 20.4 Å². The van der Waals surface area contributed by atoms with E-state index >= 15 is 0 Å². The molecule has 2 fully saturated rings. The van der Waals surface area contributed by atoms with Gasteiger partial charge in [-0.25, -0.2) is 4.79 Å². The molecule has 0 saturated carbocycles. The summed E-state index contributed by atoms with van der Waals surface area (Å²) in [5, 5.41) is 5.86. The number of hydrogen-bond donors (Lipinski definition) is 2. The van der Waals surface area contributed by atoms with Gasteiger partial charge >= 0.3 is 6.03 Å². The van der Waals surface area contributed by atoms with Crippen molar-refractivity contribution >= 4 is 11.9 Å². The molecule has 0 bridgehead atoms. The molecule has 1 aromatic carbocycles. The molecule has 3 rings (SSSR count). The first-order chi connectivity index (χ1) is 13.5. The Morgan fingerprint density at radius 1 is 1.18 bits per heavy atom. The Morgan fingerprint density at radius 2 is 1.96 bits per heavy atom. The summed E-state index contributed by atoms with van der Waals surface area (Å²) < 4.78 is 0. The highest BCUT2D eigenvalue weighted by Crippen LogP contribution is 2.17. The van der Waals surface area contributed by atoms with E-state index in [0.717, 1.165) is 31.6 Å². The molecule has 154 valence electrons. The minimum absolute atomic E-state index is 0.0137. The molecule has 2 unspecified atom stereocenters. The fraction of sp³-hybridized carbons (Fsp3) is 0.636. The summed E-state index contributed by atoms with van der Waals surface area (Å²) >= 11 is 0. The van der Waals surface area contributed by atoms with Crippen LogP contribution in [0.15, 0.2) is 30.3 Å². The van der Waals surface area contributed by atoms with E-state index in [4.69, 9.17) is 0 Å². The van der Waals surface area contributed by atoms with Gasteiger partial charge in [-0.3, -0.25) is 4.79 Å². The maximum absolute atomic E-state index is 12.6. The van der Waals surface area contributed by atoms with Gasteiger partial charge in [-0.15, -0.1) is 0 Å². The number of benzene rings is 1. The third-order valence-corrected chi connectivity index (χ3v) is 5.60. The van der Waals surface area contributed by atoms with Crippen LogP contribution in [0.25, 0.3) is 0 Å². The van der Waals surface area contributed by atoms with Crippen molar-refractivity contribution in [1.29, 1.82) is 0 Å². The number of piperidine rings is 1. The first kappa shape index (κ1) is 20.6. The van der Waals surface area contributed by atoms with Gasteiger partial charge in [0.05, 0.1) is 0 Å². The molecule has 2 heterocycles. The summed E-state index contributed by atoms with van der Waals surface area (Å²) in [6.45, 7) is 9.79. The monoisotopic (exact) mass is 386 g/mol. The maximum Gasteiger partial charge on any atom is 0.315 e. The van der Waals surface area contributed by atoms with Crippen LogP contribution in [-0.2, 0) is 11.3 Å². The predicted octanol–water partition coefficient (Wildman–Crippen LogP) is 2.45. The van der Waals surface area contributed by atoms with E-state index in [1.54, 1.807) is 0 Å². The molecule has 2 saturated heterocycles. The van der Waals surface area contributed by atoms with Crippen LogP contribution in [0, 0.1) is 11.8 Å². The summed E-state index contributed by atoms with van der Waals surface area (Å²) in [7, 11) is 0. The van der Waals surface area contributed by atoms with Crippen LogP contribution in [0.4, 0.5) is 4.79 Å². The molecular formula is C22H34N4O2. The Kier molecular flexibility index (Phi) is 7.31. The molecule has 2 aliphatic heterocycles. The second-order valence-electron chi connectivity index (χ2n) is 8.60. The van der Waals surface area contributed by atoms with E-state index in [9.17, 15) is 9.59 Å². The summed E-state index contributed by atoms with van der Waals surface area (Å²) in [6, 6.07) is 9.34. The number of nitrogens with one attached hydrogen (secondary N) is 2. The van der Waals surface area contributed by atoms with Gasteiger partial charge < -0.3 is 20.4 Å². The van der Waals surface area contributed by atoms with Crippen LogP contribution in [0.2, 0.25) is 0 Å². The highest BCUT2D eigenvalue weighted by atomic mass is 16.2. The Hall–Kier alpha value is -2.08. The van der Waals surface area contributed by atoms with Gasteiger partial charge in [0.1, 0.15) is 6.04 Å². The van der Waals surface area contributed by atoms with Crippen LogP contribution >= 0.6 is 0 Å². The number of carbonyl (C=O) groups excluding carboxylic acids is 2. The SMILES string of the molecule is CC(C)CN1CCCC(CNC(=O)NC2CCN(Cc3ccccc3)C2=O)C1. The van der Waals surface area contributed by atoms with Crippen molar-refractivity contribution in [3.05, 3.63) is 35.9 Å². The third-order valence-electron chi connectivity index (χ3n) is 5.60. The number of hydrogen-bond acceptors (Lipinski definition) is 3. The number of rotatable bonds is 7. The van der Waals surface area contributed by atoms with Gasteiger partial charge in [-0.05, 0) is 43.2 Å². The van der Waals surface area contributed by atoms with Gasteiger partial charge in [0, 0.05) is 32.7 Å². The van der Waals surface area contributed by atoms with E-state index in [0.29, 0.717) is 37.9 Å². The van der Waals surface area contributed by atoms with Crippen molar-refractivity contribution in [2.75, 3.05) is 32.7 Å². The van der Waals surface area contributed by atoms with Gasteiger partial charge in [0.15, 0.2) is 0 Å². The Morgan fingerprint density at radius 3 is 2.71 bits per heavy atom. The van der Waals surface area contributed by atoms with Gasteiger partial charge in [-0.2, -0.15) is 0 Å². The van der Waals surface area contributed by atoms with E-state index in [1.165, 1.54) is 6.42 Å². The Bertz CT molecular complexity index is 649. The third kappa shape index (κ3) is 5.96. The lowest BCUT2D eigenvalue weighted by molar-refractivity contribution is -0.129. The number of urea groups is 1. The van der Waals surface area contributed by atoms with Crippen LogP contribution in [0.5, 0.6) is 0 Å². The molecule has 0 spiro atoms. The first-order valence-corrected chi connectivity index (χ1v) is 10.6. The molecule has 0 aromatic heterocycles. The standard InChI is InChI=1S/C22H34N4O2/c1-17(2)14-25-11-6-9-19(15-25)13-23-22(28)24-20-10-12-26(21(20)27)16-18-7-4-3-5-8-18/h3-5,7-8,17,19-20H,6,9-16H2,1-2H3,(H2,23,24,28). The molecule has 2 aliphatic rings. The molecule has 1 aromatic rings. The Balaban J connectivity index is 1.39. The minimum Gasteiger partial charge on any atom is -0.338 e. The fourth-order valence-electron chi connectivity index (χ4n) is 4.28. The molecule has 2 N–H and O–H groups in total. The largest absolute Gasteiger partial charge is 0.338 e. The van der Waals surface area contributed by atoms with E-state index in [-0.39, 0.29) is 11.9 Å². The fourth-order valence-corrected chi connectivity index (χ4v) is 4.28. The van der Waals surface area contributed by atoms with Crippen LogP contribution in [-0.4, -0.2) is 60.5 Å². The quantitative estimate of drug-likeness (QED) is 0.757. The zero-order valence-electron chi connectivity index (χ0n) is 17.2. The van der Waals surface area contributed by atoms with E-state index < -0.39 is 6.04 Å². The van der Waals surface area contributed by atoms with Gasteiger partial charge in [-0.1, -0.05) is 44.2 Å². The molecule has 3 amide bonds. The summed E-state index contributed by atoms with van der Waals surface area (Å²) in [5.74, 6) is 1.18. The van der Waals surface area contributed by atoms with Gasteiger partial charge in [0.2, 0.25) is 5.91 Å². The summed E-state index contributed by atoms with van der Waals surface area (Å²) in [5.41, 5.74) is 1.12. The van der Waals surface area contributed by atoms with Crippen molar-refractivity contribution in [2.45, 2.75) is 45.7 Å². The Labute approximate surface area is 168 Å². The number of nitrogens with zero attached hydrogens (tertiary/aromatic N) is 2. The first-order valence-electron chi connectivity index (χ1n) is 10.6. The molecule has 0 aliphatic carbocycles. The second kappa shape index (κ2) is 9.92. The molecule has 0 radical (unpaired) electrons. The lowest BCUT2D eigenvalue weighted by Crippen LogP contribution is -2.48. The van der Waals surface area contributed by atoms with Gasteiger partial charge in [0.25, 0.3) is 0 Å². The second-order valence-corrected chi connectivity index (χ2v) is 8.60. The lowest BCUT2D eigenvalue weighted by atomic mass is 9.97. The molecule has 6 nitrogen and oxygen atoms in total. The molecular weight excluding hydrogens is 352 g/mol. The molecule has 2 atom stereocenters. The average Bonchev–Trinajstić information content (AvgIpc) is 3.00. The van der Waals surface area contributed by atoms with Crippen LogP contribution in [0.1, 0.15) is 38.7 Å². The summed E-state index contributed by atoms with van der Waals surface area (Å²) in [4.78, 5) is 29.2. The van der Waals surface area contributed by atoms with Crippen LogP contribution in [0.3, 0.4) is 0 Å². The van der Waals surface area contributed by atoms with Crippen molar-refractivity contribution in [2.24, 2.45) is 11.8 Å². The van der Waals surface area contributed by atoms with E-state index in [2.05, 4.69) is 29.4 Å². The highest BCUT2D eigenvalue weighted by molar-refractivity contribution is 5.88. The predicted molar refractivity (Wildman–Crippen MR) is 111 cm³/mol. The van der Waals surface area contributed by atoms with Crippen molar-refractivity contribution < 1.29 is 9.59 Å². The lowest BCUT2D eigenvalue weighted by Gasteiger charge is -2.33. The normalized spacial score (nSPS) is 23.2. The molecule has 6 heteroatoms. The minimum atomic E-state index is -0.410. The zero-order valence-corrected chi connectivity index (χ0v) is 17.2. The molecule has 28 heavy (non-hydrogen) atoms. The number of likely N-dealkylation sites (tertiary alicyclic amines) is 2. The number of amides is 3. The highest BCUT2D eigenvalue weighted by Gasteiger charge is 2.32. The zero-order chi connectivity index (χ0) is 19.9. The smallest absolute Gasteiger partial charge is 0.315 e. The van der Waals surface area contributed by atoms with Crippen molar-refractivity contribution in [3.8, 4) is 0 Å². The topological polar surface area (TPSA) is 64.7 Å². The summed E-state index contributed by atoms with van der Waals surface area (Å²) in [6.07, 6.45) is 3.02. The average molecular weight is 387 g/mol. The van der Waals surface area contributed by atoms with E-state index in [1.807, 2.05) is 35.2 Å². The number of carbonyl (C=O) groups is 2. The maximum atomic E-state index is 12.6.